The molecular formula is C14H14FN5S. The average Bonchev–Trinajstić information content (AvgIpc) is 3.01. The number of aromatic nitrogens is 2. The molecule has 108 valence electrons. The highest BCUT2D eigenvalue weighted by Gasteiger charge is 2.20. The van der Waals surface area contributed by atoms with E-state index in [9.17, 15) is 4.39 Å². The van der Waals surface area contributed by atoms with E-state index >= 15 is 0 Å². The van der Waals surface area contributed by atoms with Crippen molar-refractivity contribution >= 4 is 17.2 Å². The van der Waals surface area contributed by atoms with E-state index in [4.69, 9.17) is 5.26 Å². The van der Waals surface area contributed by atoms with E-state index < -0.39 is 0 Å². The monoisotopic (exact) mass is 303 g/mol. The predicted octanol–water partition coefficient (Wildman–Crippen LogP) is 1.87. The second kappa shape index (κ2) is 6.16. The number of piperazine rings is 1. The van der Waals surface area contributed by atoms with E-state index in [1.54, 1.807) is 18.3 Å². The molecule has 0 N–H and O–H groups in total. The van der Waals surface area contributed by atoms with E-state index in [0.717, 1.165) is 37.6 Å². The number of hydrogen-bond donors (Lipinski definition) is 0. The largest absolute Gasteiger partial charge is 0.367 e. The van der Waals surface area contributed by atoms with Gasteiger partial charge in [-0.2, -0.15) is 5.26 Å². The van der Waals surface area contributed by atoms with Crippen LogP contribution in [0.4, 0.5) is 10.1 Å². The summed E-state index contributed by atoms with van der Waals surface area (Å²) in [4.78, 5) is 5.48. The molecule has 1 aromatic heterocycles. The van der Waals surface area contributed by atoms with Gasteiger partial charge in [-0.3, -0.25) is 4.90 Å². The molecule has 7 heteroatoms. The van der Waals surface area contributed by atoms with Gasteiger partial charge >= 0.3 is 0 Å². The first-order valence-corrected chi connectivity index (χ1v) is 7.47. The summed E-state index contributed by atoms with van der Waals surface area (Å²) >= 11 is 1.41. The Bertz CT molecular complexity index is 644. The van der Waals surface area contributed by atoms with Crippen molar-refractivity contribution < 1.29 is 4.39 Å². The molecule has 21 heavy (non-hydrogen) atoms. The van der Waals surface area contributed by atoms with E-state index in [1.807, 2.05) is 11.0 Å². The highest BCUT2D eigenvalue weighted by Crippen LogP contribution is 2.22. The summed E-state index contributed by atoms with van der Waals surface area (Å²) in [6, 6.07) is 6.60. The summed E-state index contributed by atoms with van der Waals surface area (Å²) in [5.74, 6) is -0.325. The fourth-order valence-electron chi connectivity index (χ4n) is 2.46. The van der Waals surface area contributed by atoms with Gasteiger partial charge in [-0.15, -0.1) is 5.10 Å². The standard InChI is InChI=1S/C14H14FN5S/c15-13-7-11(8-16)1-2-14(13)20-5-3-19(4-6-20)10-12-9-17-18-21-12/h1-2,7,9H,3-6,10H2. The first-order valence-electron chi connectivity index (χ1n) is 6.69. The zero-order chi connectivity index (χ0) is 14.7. The summed E-state index contributed by atoms with van der Waals surface area (Å²) in [7, 11) is 0. The SMILES string of the molecule is N#Cc1ccc(N2CCN(Cc3cnns3)CC2)c(F)c1. The molecule has 0 aliphatic carbocycles. The van der Waals surface area contributed by atoms with Gasteiger partial charge < -0.3 is 4.90 Å². The minimum atomic E-state index is -0.325. The molecule has 5 nitrogen and oxygen atoms in total. The van der Waals surface area contributed by atoms with Crippen molar-refractivity contribution in [1.82, 2.24) is 14.5 Å². The van der Waals surface area contributed by atoms with Crippen molar-refractivity contribution in [2.75, 3.05) is 31.1 Å². The Hall–Kier alpha value is -2.04. The normalized spacial score (nSPS) is 15.9. The van der Waals surface area contributed by atoms with Gasteiger partial charge in [0.25, 0.3) is 0 Å². The maximum absolute atomic E-state index is 14.0. The molecule has 2 aromatic rings. The van der Waals surface area contributed by atoms with Crippen LogP contribution in [0.5, 0.6) is 0 Å². The van der Waals surface area contributed by atoms with Gasteiger partial charge in [0, 0.05) is 32.7 Å². The molecule has 1 fully saturated rings. The lowest BCUT2D eigenvalue weighted by molar-refractivity contribution is 0.251. The van der Waals surface area contributed by atoms with Crippen molar-refractivity contribution in [2.24, 2.45) is 0 Å². The Morgan fingerprint density at radius 2 is 2.10 bits per heavy atom. The Morgan fingerprint density at radius 3 is 2.71 bits per heavy atom. The smallest absolute Gasteiger partial charge is 0.147 e. The molecule has 2 heterocycles. The fourth-order valence-corrected chi connectivity index (χ4v) is 2.99. The molecule has 0 radical (unpaired) electrons. The van der Waals surface area contributed by atoms with Crippen LogP contribution >= 0.6 is 11.5 Å². The molecular weight excluding hydrogens is 289 g/mol. The van der Waals surface area contributed by atoms with Crippen LogP contribution in [0.2, 0.25) is 0 Å². The van der Waals surface area contributed by atoms with Crippen LogP contribution in [0.1, 0.15) is 10.4 Å². The third-order valence-corrected chi connectivity index (χ3v) is 4.22. The summed E-state index contributed by atoms with van der Waals surface area (Å²) in [5.41, 5.74) is 0.931. The zero-order valence-electron chi connectivity index (χ0n) is 11.4. The van der Waals surface area contributed by atoms with Crippen LogP contribution in [0.15, 0.2) is 24.4 Å². The Labute approximate surface area is 126 Å². The Balaban J connectivity index is 1.62. The van der Waals surface area contributed by atoms with Gasteiger partial charge in [0.05, 0.1) is 28.4 Å². The van der Waals surface area contributed by atoms with Crippen molar-refractivity contribution in [3.8, 4) is 6.07 Å². The number of nitriles is 1. The minimum absolute atomic E-state index is 0.325. The molecule has 1 aromatic carbocycles. The van der Waals surface area contributed by atoms with E-state index in [1.165, 1.54) is 17.6 Å². The van der Waals surface area contributed by atoms with E-state index in [2.05, 4.69) is 14.5 Å². The van der Waals surface area contributed by atoms with Crippen molar-refractivity contribution in [3.05, 3.63) is 40.7 Å². The Morgan fingerprint density at radius 1 is 1.29 bits per heavy atom. The molecule has 3 rings (SSSR count). The lowest BCUT2D eigenvalue weighted by Gasteiger charge is -2.35. The van der Waals surface area contributed by atoms with Crippen LogP contribution < -0.4 is 4.90 Å². The molecule has 1 aliphatic heterocycles. The molecule has 0 saturated carbocycles. The minimum Gasteiger partial charge on any atom is -0.367 e. The molecule has 0 atom stereocenters. The second-order valence-corrected chi connectivity index (χ2v) is 5.80. The summed E-state index contributed by atoms with van der Waals surface area (Å²) < 4.78 is 17.9. The molecule has 1 aliphatic rings. The van der Waals surface area contributed by atoms with Crippen molar-refractivity contribution in [2.45, 2.75) is 6.54 Å². The highest BCUT2D eigenvalue weighted by molar-refractivity contribution is 7.05. The van der Waals surface area contributed by atoms with Crippen LogP contribution in [-0.4, -0.2) is 40.7 Å². The topological polar surface area (TPSA) is 56.1 Å². The third kappa shape index (κ3) is 3.17. The van der Waals surface area contributed by atoms with Crippen LogP contribution in [0.25, 0.3) is 0 Å². The summed E-state index contributed by atoms with van der Waals surface area (Å²) in [5, 5.41) is 12.6. The molecule has 0 bridgehead atoms. The van der Waals surface area contributed by atoms with Crippen molar-refractivity contribution in [1.29, 1.82) is 5.26 Å². The average molecular weight is 303 g/mol. The lowest BCUT2D eigenvalue weighted by atomic mass is 10.2. The van der Waals surface area contributed by atoms with Gasteiger partial charge in [-0.05, 0) is 29.7 Å². The van der Waals surface area contributed by atoms with Gasteiger partial charge in [0.1, 0.15) is 5.82 Å². The number of rotatable bonds is 3. The van der Waals surface area contributed by atoms with Crippen LogP contribution in [0, 0.1) is 17.1 Å². The number of nitrogens with zero attached hydrogens (tertiary/aromatic N) is 5. The van der Waals surface area contributed by atoms with Gasteiger partial charge in [0.15, 0.2) is 0 Å². The van der Waals surface area contributed by atoms with E-state index in [-0.39, 0.29) is 5.82 Å². The number of halogens is 1. The van der Waals surface area contributed by atoms with E-state index in [0.29, 0.717) is 11.3 Å². The van der Waals surface area contributed by atoms with Gasteiger partial charge in [0.2, 0.25) is 0 Å². The summed E-state index contributed by atoms with van der Waals surface area (Å²) in [6.07, 6.45) is 1.79. The Kier molecular flexibility index (Phi) is 4.08. The lowest BCUT2D eigenvalue weighted by Crippen LogP contribution is -2.46. The van der Waals surface area contributed by atoms with Crippen LogP contribution in [-0.2, 0) is 6.54 Å². The molecule has 0 unspecified atom stereocenters. The maximum Gasteiger partial charge on any atom is 0.147 e. The molecule has 0 spiro atoms. The fraction of sp³-hybridized carbons (Fsp3) is 0.357. The first kappa shape index (κ1) is 13.9. The summed E-state index contributed by atoms with van der Waals surface area (Å²) in [6.45, 7) is 4.14. The van der Waals surface area contributed by atoms with Crippen LogP contribution in [0.3, 0.4) is 0 Å². The number of benzene rings is 1. The predicted molar refractivity (Wildman–Crippen MR) is 78.5 cm³/mol. The quantitative estimate of drug-likeness (QED) is 0.866. The molecule has 0 amide bonds. The first-order chi connectivity index (χ1) is 10.3. The van der Waals surface area contributed by atoms with Gasteiger partial charge in [-0.1, -0.05) is 4.49 Å². The van der Waals surface area contributed by atoms with Crippen molar-refractivity contribution in [3.63, 3.8) is 0 Å². The zero-order valence-corrected chi connectivity index (χ0v) is 12.2. The molecule has 1 saturated heterocycles. The second-order valence-electron chi connectivity index (χ2n) is 4.93. The number of anilines is 1. The number of hydrogen-bond acceptors (Lipinski definition) is 6. The highest BCUT2D eigenvalue weighted by atomic mass is 32.1. The third-order valence-electron chi connectivity index (χ3n) is 3.58. The van der Waals surface area contributed by atoms with Gasteiger partial charge in [-0.25, -0.2) is 4.39 Å². The maximum atomic E-state index is 14.0.